The number of aryl methyl sites for hydroxylation is 1. The van der Waals surface area contributed by atoms with Gasteiger partial charge in [-0.1, -0.05) is 12.1 Å². The molecule has 1 aliphatic rings. The van der Waals surface area contributed by atoms with E-state index in [0.717, 1.165) is 53.9 Å². The van der Waals surface area contributed by atoms with Gasteiger partial charge in [-0.25, -0.2) is 0 Å². The maximum absolute atomic E-state index is 10.2. The summed E-state index contributed by atoms with van der Waals surface area (Å²) < 4.78 is 0. The summed E-state index contributed by atoms with van der Waals surface area (Å²) in [6.07, 6.45) is 1.74. The van der Waals surface area contributed by atoms with Crippen molar-refractivity contribution < 1.29 is 5.11 Å². The van der Waals surface area contributed by atoms with Gasteiger partial charge in [-0.2, -0.15) is 0 Å². The zero-order valence-electron chi connectivity index (χ0n) is 15.2. The summed E-state index contributed by atoms with van der Waals surface area (Å²) in [5.74, 6) is 0.159. The first-order chi connectivity index (χ1) is 12.6. The molecule has 0 spiro atoms. The molecule has 0 amide bonds. The fourth-order valence-corrected chi connectivity index (χ4v) is 3.52. The molecule has 2 N–H and O–H groups in total. The van der Waals surface area contributed by atoms with Crippen molar-refractivity contribution in [1.82, 2.24) is 9.88 Å². The molecular weight excluding hydrogens is 324 g/mol. The molecule has 2 aromatic carbocycles. The van der Waals surface area contributed by atoms with Gasteiger partial charge in [0, 0.05) is 49.0 Å². The highest BCUT2D eigenvalue weighted by Crippen LogP contribution is 2.29. The predicted molar refractivity (Wildman–Crippen MR) is 108 cm³/mol. The highest BCUT2D eigenvalue weighted by Gasteiger charge is 2.14. The van der Waals surface area contributed by atoms with E-state index < -0.39 is 0 Å². The van der Waals surface area contributed by atoms with Gasteiger partial charge < -0.3 is 19.9 Å². The fraction of sp³-hybridized carbons (Fsp3) is 0.286. The Kier molecular flexibility index (Phi) is 4.39. The molecule has 0 unspecified atom stereocenters. The Morgan fingerprint density at radius 2 is 1.77 bits per heavy atom. The lowest BCUT2D eigenvalue weighted by Gasteiger charge is -2.34. The van der Waals surface area contributed by atoms with Crippen LogP contribution in [0.15, 0.2) is 47.5 Å². The minimum Gasteiger partial charge on any atom is -0.494 e. The number of rotatable bonds is 3. The molecule has 5 heteroatoms. The lowest BCUT2D eigenvalue weighted by Crippen LogP contribution is -2.44. The van der Waals surface area contributed by atoms with E-state index in [-0.39, 0.29) is 5.88 Å². The maximum atomic E-state index is 10.2. The van der Waals surface area contributed by atoms with Crippen LogP contribution in [0, 0.1) is 6.92 Å². The number of aromatic nitrogens is 1. The first-order valence-corrected chi connectivity index (χ1v) is 9.00. The number of aromatic amines is 1. The monoisotopic (exact) mass is 348 g/mol. The number of piperazine rings is 1. The van der Waals surface area contributed by atoms with Gasteiger partial charge in [0.1, 0.15) is 0 Å². The first kappa shape index (κ1) is 16.7. The SMILES string of the molecule is Cc1cccc2[nH]c(O)c(C=Nc3ccc(N4CCN(C)CC4)cc3)c12. The molecule has 1 aromatic heterocycles. The van der Waals surface area contributed by atoms with Crippen LogP contribution in [-0.2, 0) is 0 Å². The molecule has 2 heterocycles. The molecule has 0 atom stereocenters. The van der Waals surface area contributed by atoms with Gasteiger partial charge in [0.05, 0.1) is 11.3 Å². The Morgan fingerprint density at radius 1 is 1.04 bits per heavy atom. The minimum absolute atomic E-state index is 0.159. The summed E-state index contributed by atoms with van der Waals surface area (Å²) in [5, 5.41) is 11.2. The van der Waals surface area contributed by atoms with E-state index in [9.17, 15) is 5.11 Å². The van der Waals surface area contributed by atoms with E-state index in [0.29, 0.717) is 0 Å². The number of likely N-dealkylation sites (N-methyl/N-ethyl adjacent to an activating group) is 1. The molecular formula is C21H24N4O. The van der Waals surface area contributed by atoms with Crippen molar-refractivity contribution in [2.45, 2.75) is 6.92 Å². The molecule has 0 radical (unpaired) electrons. The Labute approximate surface area is 153 Å². The van der Waals surface area contributed by atoms with Gasteiger partial charge in [-0.3, -0.25) is 4.99 Å². The largest absolute Gasteiger partial charge is 0.494 e. The number of anilines is 1. The number of hydrogen-bond acceptors (Lipinski definition) is 4. The highest BCUT2D eigenvalue weighted by atomic mass is 16.3. The van der Waals surface area contributed by atoms with Crippen LogP contribution < -0.4 is 4.90 Å². The normalized spacial score (nSPS) is 16.0. The number of nitrogens with zero attached hydrogens (tertiary/aromatic N) is 3. The Morgan fingerprint density at radius 3 is 2.50 bits per heavy atom. The number of aromatic hydroxyl groups is 1. The van der Waals surface area contributed by atoms with Gasteiger partial charge in [0.15, 0.2) is 5.88 Å². The quantitative estimate of drug-likeness (QED) is 0.710. The number of nitrogens with one attached hydrogen (secondary N) is 1. The molecule has 1 fully saturated rings. The van der Waals surface area contributed by atoms with Crippen molar-refractivity contribution >= 4 is 28.5 Å². The van der Waals surface area contributed by atoms with Crippen molar-refractivity contribution in [3.63, 3.8) is 0 Å². The fourth-order valence-electron chi connectivity index (χ4n) is 3.52. The lowest BCUT2D eigenvalue weighted by molar-refractivity contribution is 0.313. The summed E-state index contributed by atoms with van der Waals surface area (Å²) in [4.78, 5) is 12.3. The molecule has 134 valence electrons. The van der Waals surface area contributed by atoms with E-state index >= 15 is 0 Å². The van der Waals surface area contributed by atoms with Gasteiger partial charge in [0.25, 0.3) is 0 Å². The van der Waals surface area contributed by atoms with Crippen LogP contribution in [0.5, 0.6) is 5.88 Å². The zero-order chi connectivity index (χ0) is 18.1. The van der Waals surface area contributed by atoms with Crippen LogP contribution >= 0.6 is 0 Å². The summed E-state index contributed by atoms with van der Waals surface area (Å²) in [6, 6.07) is 14.3. The molecule has 0 bridgehead atoms. The van der Waals surface area contributed by atoms with E-state index in [1.165, 1.54) is 5.69 Å². The van der Waals surface area contributed by atoms with E-state index in [1.54, 1.807) is 6.21 Å². The first-order valence-electron chi connectivity index (χ1n) is 9.00. The predicted octanol–water partition coefficient (Wildman–Crippen LogP) is 3.68. The molecule has 26 heavy (non-hydrogen) atoms. The number of fused-ring (bicyclic) bond motifs is 1. The second kappa shape index (κ2) is 6.84. The Balaban J connectivity index is 1.55. The van der Waals surface area contributed by atoms with Crippen LogP contribution in [0.4, 0.5) is 11.4 Å². The van der Waals surface area contributed by atoms with Crippen LogP contribution in [0.1, 0.15) is 11.1 Å². The second-order valence-electron chi connectivity index (χ2n) is 6.95. The molecule has 4 rings (SSSR count). The average molecular weight is 348 g/mol. The van der Waals surface area contributed by atoms with Crippen LogP contribution in [-0.4, -0.2) is 54.4 Å². The summed E-state index contributed by atoms with van der Waals surface area (Å²) in [6.45, 7) is 6.35. The van der Waals surface area contributed by atoms with Gasteiger partial charge in [0.2, 0.25) is 0 Å². The molecule has 5 nitrogen and oxygen atoms in total. The molecule has 1 aliphatic heterocycles. The topological polar surface area (TPSA) is 54.9 Å². The summed E-state index contributed by atoms with van der Waals surface area (Å²) in [5.41, 5.74) is 4.90. The van der Waals surface area contributed by atoms with Crippen molar-refractivity contribution in [1.29, 1.82) is 0 Å². The Hall–Kier alpha value is -2.79. The Bertz CT molecular complexity index is 935. The summed E-state index contributed by atoms with van der Waals surface area (Å²) in [7, 11) is 2.16. The summed E-state index contributed by atoms with van der Waals surface area (Å²) >= 11 is 0. The number of aliphatic imine (C=N–C) groups is 1. The molecule has 0 aliphatic carbocycles. The molecule has 0 saturated carbocycles. The minimum atomic E-state index is 0.159. The van der Waals surface area contributed by atoms with Crippen molar-refractivity contribution in [2.24, 2.45) is 4.99 Å². The second-order valence-corrected chi connectivity index (χ2v) is 6.95. The third-order valence-electron chi connectivity index (χ3n) is 5.11. The number of H-pyrrole nitrogens is 1. The highest BCUT2D eigenvalue weighted by molar-refractivity contribution is 6.04. The van der Waals surface area contributed by atoms with Gasteiger partial charge >= 0.3 is 0 Å². The number of hydrogen-bond donors (Lipinski definition) is 2. The van der Waals surface area contributed by atoms with Crippen molar-refractivity contribution in [3.8, 4) is 5.88 Å². The van der Waals surface area contributed by atoms with Crippen molar-refractivity contribution in [2.75, 3.05) is 38.1 Å². The van der Waals surface area contributed by atoms with Crippen LogP contribution in [0.2, 0.25) is 0 Å². The maximum Gasteiger partial charge on any atom is 0.198 e. The zero-order valence-corrected chi connectivity index (χ0v) is 15.2. The molecule has 3 aromatic rings. The van der Waals surface area contributed by atoms with Gasteiger partial charge in [-0.15, -0.1) is 0 Å². The van der Waals surface area contributed by atoms with E-state index in [2.05, 4.69) is 39.0 Å². The lowest BCUT2D eigenvalue weighted by atomic mass is 10.1. The van der Waals surface area contributed by atoms with Crippen LogP contribution in [0.3, 0.4) is 0 Å². The smallest absolute Gasteiger partial charge is 0.198 e. The van der Waals surface area contributed by atoms with E-state index in [1.807, 2.05) is 37.3 Å². The standard InChI is InChI=1S/C21H24N4O/c1-15-4-3-5-19-20(15)18(21(26)23-19)14-22-16-6-8-17(9-7-16)25-12-10-24(2)11-13-25/h3-9,14,23,26H,10-13H2,1-2H3. The third kappa shape index (κ3) is 3.18. The molecule has 1 saturated heterocycles. The van der Waals surface area contributed by atoms with Gasteiger partial charge in [-0.05, 0) is 49.9 Å². The van der Waals surface area contributed by atoms with Crippen LogP contribution in [0.25, 0.3) is 10.9 Å². The third-order valence-corrected chi connectivity index (χ3v) is 5.11. The average Bonchev–Trinajstić information content (AvgIpc) is 2.98. The number of benzene rings is 2. The van der Waals surface area contributed by atoms with E-state index in [4.69, 9.17) is 0 Å². The van der Waals surface area contributed by atoms with Crippen molar-refractivity contribution in [3.05, 3.63) is 53.6 Å².